The maximum atomic E-state index is 12.3. The molecule has 1 aromatic carbocycles. The molecule has 2 N–H and O–H groups in total. The molecule has 0 fully saturated rings. The summed E-state index contributed by atoms with van der Waals surface area (Å²) in [5.41, 5.74) is -1.95. The Morgan fingerprint density at radius 1 is 0.889 bits per heavy atom. The summed E-state index contributed by atoms with van der Waals surface area (Å²) in [6.07, 6.45) is -4.11. The van der Waals surface area contributed by atoms with Gasteiger partial charge in [0, 0.05) is 12.5 Å². The van der Waals surface area contributed by atoms with E-state index in [9.17, 15) is 24.3 Å². The average molecular weight is 514 g/mol. The zero-order chi connectivity index (χ0) is 27.5. The molecule has 1 rings (SSSR count). The maximum Gasteiger partial charge on any atom is 0.514 e. The molecular weight excluding hydrogens is 478 g/mol. The SMILES string of the molecule is CCOC(=O)O[C@](Cc1ccc(OC(=O)OC(C)C)c(OC(=O)OC(C)C)c1)(NC(C)CC)C(=O)O. The van der Waals surface area contributed by atoms with Crippen LogP contribution in [0.4, 0.5) is 14.4 Å². The van der Waals surface area contributed by atoms with Crippen LogP contribution in [0.15, 0.2) is 18.2 Å². The Balaban J connectivity index is 3.43. The van der Waals surface area contributed by atoms with E-state index in [0.29, 0.717) is 6.42 Å². The van der Waals surface area contributed by atoms with Gasteiger partial charge in [-0.05, 0) is 65.7 Å². The van der Waals surface area contributed by atoms with Crippen molar-refractivity contribution in [1.82, 2.24) is 5.32 Å². The van der Waals surface area contributed by atoms with Gasteiger partial charge in [0.25, 0.3) is 5.72 Å². The fraction of sp³-hybridized carbons (Fsp3) is 0.583. The van der Waals surface area contributed by atoms with Crippen molar-refractivity contribution >= 4 is 24.4 Å². The van der Waals surface area contributed by atoms with E-state index < -0.39 is 48.8 Å². The normalized spacial score (nSPS) is 13.4. The van der Waals surface area contributed by atoms with E-state index in [0.717, 1.165) is 0 Å². The van der Waals surface area contributed by atoms with Crippen molar-refractivity contribution in [2.24, 2.45) is 0 Å². The summed E-state index contributed by atoms with van der Waals surface area (Å²) in [4.78, 5) is 48.6. The Labute approximate surface area is 210 Å². The van der Waals surface area contributed by atoms with Gasteiger partial charge in [0.1, 0.15) is 0 Å². The summed E-state index contributed by atoms with van der Waals surface area (Å²) >= 11 is 0. The van der Waals surface area contributed by atoms with Crippen molar-refractivity contribution in [2.75, 3.05) is 6.61 Å². The highest BCUT2D eigenvalue weighted by molar-refractivity contribution is 5.80. The largest absolute Gasteiger partial charge is 0.514 e. The number of nitrogens with one attached hydrogen (secondary N) is 1. The third-order valence-corrected chi connectivity index (χ3v) is 4.47. The Hall–Kier alpha value is -3.54. The lowest BCUT2D eigenvalue weighted by atomic mass is 10.00. The topological polar surface area (TPSA) is 156 Å². The van der Waals surface area contributed by atoms with Crippen LogP contribution in [0, 0.1) is 0 Å². The molecular formula is C24H35NO11. The molecule has 0 spiro atoms. The Kier molecular flexibility index (Phi) is 12.0. The summed E-state index contributed by atoms with van der Waals surface area (Å²) in [5, 5.41) is 12.8. The molecule has 0 amide bonds. The summed E-state index contributed by atoms with van der Waals surface area (Å²) in [6.45, 7) is 11.6. The molecule has 0 bridgehead atoms. The number of benzene rings is 1. The summed E-state index contributed by atoms with van der Waals surface area (Å²) in [7, 11) is 0. The van der Waals surface area contributed by atoms with E-state index in [1.54, 1.807) is 41.5 Å². The first kappa shape index (κ1) is 30.5. The molecule has 1 unspecified atom stereocenters. The van der Waals surface area contributed by atoms with Crippen LogP contribution in [0.25, 0.3) is 0 Å². The average Bonchev–Trinajstić information content (AvgIpc) is 2.74. The smallest absolute Gasteiger partial charge is 0.477 e. The lowest BCUT2D eigenvalue weighted by Gasteiger charge is -2.32. The van der Waals surface area contributed by atoms with Gasteiger partial charge in [-0.15, -0.1) is 0 Å². The molecule has 0 aliphatic heterocycles. The number of carboxylic acid groups (broad SMARTS) is 1. The molecule has 0 aliphatic carbocycles. The molecule has 202 valence electrons. The van der Waals surface area contributed by atoms with Crippen molar-refractivity contribution in [2.45, 2.75) is 85.3 Å². The first-order chi connectivity index (χ1) is 16.8. The van der Waals surface area contributed by atoms with E-state index in [-0.39, 0.29) is 29.7 Å². The summed E-state index contributed by atoms with van der Waals surface area (Å²) in [5.74, 6) is -1.89. The highest BCUT2D eigenvalue weighted by Gasteiger charge is 2.44. The number of hydrogen-bond donors (Lipinski definition) is 2. The number of ether oxygens (including phenoxy) is 6. The van der Waals surface area contributed by atoms with Crippen LogP contribution in [-0.2, 0) is 30.2 Å². The Morgan fingerprint density at radius 3 is 1.92 bits per heavy atom. The van der Waals surface area contributed by atoms with Crippen LogP contribution in [-0.4, -0.2) is 60.1 Å². The highest BCUT2D eigenvalue weighted by atomic mass is 16.8. The van der Waals surface area contributed by atoms with Gasteiger partial charge in [0.05, 0.1) is 18.8 Å². The van der Waals surface area contributed by atoms with Crippen molar-refractivity contribution in [3.05, 3.63) is 23.8 Å². The van der Waals surface area contributed by atoms with E-state index in [1.807, 2.05) is 6.92 Å². The minimum absolute atomic E-state index is 0.0215. The lowest BCUT2D eigenvalue weighted by Crippen LogP contribution is -2.59. The predicted molar refractivity (Wildman–Crippen MR) is 126 cm³/mol. The quantitative estimate of drug-likeness (QED) is 0.176. The summed E-state index contributed by atoms with van der Waals surface area (Å²) < 4.78 is 30.3. The van der Waals surface area contributed by atoms with Gasteiger partial charge in [0.15, 0.2) is 11.5 Å². The third kappa shape index (κ3) is 9.98. The number of carboxylic acids is 1. The Morgan fingerprint density at radius 2 is 1.44 bits per heavy atom. The van der Waals surface area contributed by atoms with Gasteiger partial charge >= 0.3 is 24.4 Å². The van der Waals surface area contributed by atoms with Crippen LogP contribution < -0.4 is 14.8 Å². The second-order valence-corrected chi connectivity index (χ2v) is 8.37. The molecule has 0 aliphatic rings. The third-order valence-electron chi connectivity index (χ3n) is 4.47. The van der Waals surface area contributed by atoms with Crippen LogP contribution in [0.1, 0.15) is 60.5 Å². The van der Waals surface area contributed by atoms with Gasteiger partial charge < -0.3 is 33.5 Å². The van der Waals surface area contributed by atoms with Gasteiger partial charge in [-0.1, -0.05) is 13.0 Å². The molecule has 0 saturated heterocycles. The minimum atomic E-state index is -2.21. The highest BCUT2D eigenvalue weighted by Crippen LogP contribution is 2.31. The first-order valence-electron chi connectivity index (χ1n) is 11.6. The van der Waals surface area contributed by atoms with Gasteiger partial charge in [-0.2, -0.15) is 0 Å². The van der Waals surface area contributed by atoms with Crippen molar-refractivity contribution in [1.29, 1.82) is 0 Å². The molecule has 0 heterocycles. The van der Waals surface area contributed by atoms with E-state index in [4.69, 9.17) is 28.4 Å². The van der Waals surface area contributed by atoms with Crippen molar-refractivity contribution < 1.29 is 52.7 Å². The zero-order valence-corrected chi connectivity index (χ0v) is 21.6. The molecule has 0 radical (unpaired) electrons. The number of aliphatic carboxylic acids is 1. The van der Waals surface area contributed by atoms with E-state index in [2.05, 4.69) is 5.32 Å². The summed E-state index contributed by atoms with van der Waals surface area (Å²) in [6, 6.07) is 3.61. The minimum Gasteiger partial charge on any atom is -0.477 e. The van der Waals surface area contributed by atoms with E-state index >= 15 is 0 Å². The first-order valence-corrected chi connectivity index (χ1v) is 11.6. The zero-order valence-electron chi connectivity index (χ0n) is 21.6. The van der Waals surface area contributed by atoms with Gasteiger partial charge in [0.2, 0.25) is 0 Å². The molecule has 12 nitrogen and oxygen atoms in total. The fourth-order valence-corrected chi connectivity index (χ4v) is 2.81. The Bertz CT molecular complexity index is 915. The van der Waals surface area contributed by atoms with Gasteiger partial charge in [-0.3, -0.25) is 5.32 Å². The fourth-order valence-electron chi connectivity index (χ4n) is 2.81. The second kappa shape index (κ2) is 14.1. The molecule has 0 saturated carbocycles. The van der Waals surface area contributed by atoms with E-state index in [1.165, 1.54) is 18.2 Å². The van der Waals surface area contributed by atoms with Crippen LogP contribution >= 0.6 is 0 Å². The van der Waals surface area contributed by atoms with Crippen LogP contribution in [0.2, 0.25) is 0 Å². The number of carbonyl (C=O) groups is 4. The monoisotopic (exact) mass is 513 g/mol. The maximum absolute atomic E-state index is 12.3. The van der Waals surface area contributed by atoms with Crippen LogP contribution in [0.5, 0.6) is 11.5 Å². The van der Waals surface area contributed by atoms with Crippen LogP contribution in [0.3, 0.4) is 0 Å². The second-order valence-electron chi connectivity index (χ2n) is 8.37. The molecule has 1 aromatic rings. The number of hydrogen-bond acceptors (Lipinski definition) is 11. The van der Waals surface area contributed by atoms with Gasteiger partial charge in [-0.25, -0.2) is 19.2 Å². The molecule has 36 heavy (non-hydrogen) atoms. The lowest BCUT2D eigenvalue weighted by molar-refractivity contribution is -0.166. The standard InChI is InChI=1S/C24H35NO11/c1-8-16(7)25-24(20(26)27,36-21(28)31-9-2)13-17-10-11-18(34-22(29)32-14(3)4)19(12-17)35-23(30)33-15(5)6/h10-12,14-16,25H,8-9,13H2,1-7H3,(H,26,27)/t16?,24-/m0/s1. The molecule has 0 aromatic heterocycles. The van der Waals surface area contributed by atoms with Crippen molar-refractivity contribution in [3.8, 4) is 11.5 Å². The molecule has 2 atom stereocenters. The predicted octanol–water partition coefficient (Wildman–Crippen LogP) is 4.42. The molecule has 12 heteroatoms. The number of rotatable bonds is 12. The number of carbonyl (C=O) groups excluding carboxylic acids is 3. The van der Waals surface area contributed by atoms with Crippen molar-refractivity contribution in [3.63, 3.8) is 0 Å².